The van der Waals surface area contributed by atoms with Crippen LogP contribution in [0, 0.1) is 11.6 Å². The van der Waals surface area contributed by atoms with Crippen molar-refractivity contribution in [1.82, 2.24) is 9.36 Å². The van der Waals surface area contributed by atoms with E-state index in [4.69, 9.17) is 15.6 Å². The van der Waals surface area contributed by atoms with Gasteiger partial charge >= 0.3 is 0 Å². The molecule has 0 bridgehead atoms. The number of nitrogens with two attached hydrogens (primary N) is 1. The second kappa shape index (κ2) is 9.04. The van der Waals surface area contributed by atoms with E-state index in [1.54, 1.807) is 0 Å². The van der Waals surface area contributed by atoms with Crippen molar-refractivity contribution in [3.8, 4) is 15.6 Å². The summed E-state index contributed by atoms with van der Waals surface area (Å²) in [5.74, 6) is -2.22. The molecule has 0 saturated carbocycles. The van der Waals surface area contributed by atoms with Crippen molar-refractivity contribution in [3.05, 3.63) is 41.7 Å². The SMILES string of the molecule is Nc1sc(-c2c(F)cccc2F)nc1C(=O)Nc1cnsc1OCCCCO. The van der Waals surface area contributed by atoms with Crippen LogP contribution >= 0.6 is 22.9 Å². The summed E-state index contributed by atoms with van der Waals surface area (Å²) in [6.07, 6.45) is 2.67. The molecule has 2 aromatic heterocycles. The average Bonchev–Trinajstić information content (AvgIpc) is 3.25. The Bertz CT molecular complexity index is 957. The van der Waals surface area contributed by atoms with Crippen molar-refractivity contribution in [2.24, 2.45) is 0 Å². The molecule has 0 fully saturated rings. The predicted octanol–water partition coefficient (Wildman–Crippen LogP) is 3.53. The second-order valence-corrected chi connectivity index (χ2v) is 7.38. The number of unbranched alkanes of at least 4 members (excludes halogenated alkanes) is 1. The van der Waals surface area contributed by atoms with Crippen LogP contribution in [0.3, 0.4) is 0 Å². The molecule has 11 heteroatoms. The molecule has 0 aliphatic rings. The fourth-order valence-electron chi connectivity index (χ4n) is 2.28. The van der Waals surface area contributed by atoms with Gasteiger partial charge in [-0.1, -0.05) is 17.4 Å². The first-order valence-electron chi connectivity index (χ1n) is 8.21. The highest BCUT2D eigenvalue weighted by molar-refractivity contribution is 7.19. The van der Waals surface area contributed by atoms with Crippen molar-refractivity contribution >= 4 is 39.5 Å². The van der Waals surface area contributed by atoms with Crippen molar-refractivity contribution in [2.75, 3.05) is 24.3 Å². The Kier molecular flexibility index (Phi) is 6.49. The lowest BCUT2D eigenvalue weighted by atomic mass is 10.2. The van der Waals surface area contributed by atoms with E-state index in [1.165, 1.54) is 12.3 Å². The molecule has 1 amide bonds. The fourth-order valence-corrected chi connectivity index (χ4v) is 3.75. The zero-order valence-electron chi connectivity index (χ0n) is 14.4. The van der Waals surface area contributed by atoms with Gasteiger partial charge in [0.2, 0.25) is 5.06 Å². The van der Waals surface area contributed by atoms with Crippen LogP contribution in [-0.2, 0) is 0 Å². The van der Waals surface area contributed by atoms with E-state index in [0.29, 0.717) is 30.2 Å². The number of nitrogens with zero attached hydrogens (tertiary/aromatic N) is 2. The number of benzene rings is 1. The van der Waals surface area contributed by atoms with Crippen molar-refractivity contribution < 1.29 is 23.4 Å². The number of carbonyl (C=O) groups excluding carboxylic acids is 1. The van der Waals surface area contributed by atoms with Crippen LogP contribution in [0.2, 0.25) is 0 Å². The van der Waals surface area contributed by atoms with Gasteiger partial charge in [-0.25, -0.2) is 13.8 Å². The minimum Gasteiger partial charge on any atom is -0.481 e. The van der Waals surface area contributed by atoms with E-state index in [9.17, 15) is 13.6 Å². The highest BCUT2D eigenvalue weighted by atomic mass is 32.1. The van der Waals surface area contributed by atoms with Gasteiger partial charge in [0.05, 0.1) is 18.4 Å². The summed E-state index contributed by atoms with van der Waals surface area (Å²) in [5.41, 5.74) is 5.71. The molecule has 2 heterocycles. The Balaban J connectivity index is 1.76. The smallest absolute Gasteiger partial charge is 0.277 e. The molecule has 0 atom stereocenters. The lowest BCUT2D eigenvalue weighted by molar-refractivity contribution is 0.102. The Labute approximate surface area is 167 Å². The largest absolute Gasteiger partial charge is 0.481 e. The Morgan fingerprint density at radius 3 is 2.75 bits per heavy atom. The third kappa shape index (κ3) is 4.43. The number of thiazole rings is 1. The first-order valence-corrected chi connectivity index (χ1v) is 9.80. The summed E-state index contributed by atoms with van der Waals surface area (Å²) in [7, 11) is 0. The minimum atomic E-state index is -0.790. The highest BCUT2D eigenvalue weighted by Crippen LogP contribution is 2.35. The van der Waals surface area contributed by atoms with E-state index >= 15 is 0 Å². The number of aliphatic hydroxyl groups is 1. The summed E-state index contributed by atoms with van der Waals surface area (Å²) in [4.78, 5) is 16.5. The Morgan fingerprint density at radius 1 is 1.29 bits per heavy atom. The maximum atomic E-state index is 14.0. The second-order valence-electron chi connectivity index (χ2n) is 5.59. The zero-order chi connectivity index (χ0) is 20.1. The van der Waals surface area contributed by atoms with Gasteiger partial charge in [0.1, 0.15) is 27.3 Å². The van der Waals surface area contributed by atoms with Crippen LogP contribution in [-0.4, -0.2) is 33.6 Å². The molecule has 0 saturated heterocycles. The first-order chi connectivity index (χ1) is 13.5. The molecule has 3 aromatic rings. The van der Waals surface area contributed by atoms with Gasteiger partial charge in [0.15, 0.2) is 5.69 Å². The number of aliphatic hydroxyl groups excluding tert-OH is 1. The molecule has 3 rings (SSSR count). The van der Waals surface area contributed by atoms with E-state index in [-0.39, 0.29) is 27.9 Å². The zero-order valence-corrected chi connectivity index (χ0v) is 16.1. The Hall–Kier alpha value is -2.63. The maximum absolute atomic E-state index is 14.0. The number of rotatable bonds is 8. The standard InChI is InChI=1S/C17H16F2N4O3S2/c18-9-4-3-5-10(19)12(9)16-23-13(14(20)27-16)15(25)22-11-8-21-28-17(11)26-7-2-1-6-24/h3-5,8,24H,1-2,6-7,20H2,(H,22,25). The van der Waals surface area contributed by atoms with Gasteiger partial charge in [-0.15, -0.1) is 0 Å². The molecule has 4 N–H and O–H groups in total. The quantitative estimate of drug-likeness (QED) is 0.475. The monoisotopic (exact) mass is 426 g/mol. The molecule has 0 spiro atoms. The van der Waals surface area contributed by atoms with Crippen LogP contribution in [0.4, 0.5) is 19.5 Å². The molecule has 1 aromatic carbocycles. The van der Waals surface area contributed by atoms with E-state index < -0.39 is 17.5 Å². The van der Waals surface area contributed by atoms with Gasteiger partial charge in [-0.3, -0.25) is 4.79 Å². The molecule has 0 aliphatic heterocycles. The van der Waals surface area contributed by atoms with Crippen LogP contribution in [0.1, 0.15) is 23.3 Å². The summed E-state index contributed by atoms with van der Waals surface area (Å²) < 4.78 is 37.4. The first kappa shape index (κ1) is 20.1. The van der Waals surface area contributed by atoms with Crippen LogP contribution in [0.25, 0.3) is 10.6 Å². The van der Waals surface area contributed by atoms with Crippen LogP contribution in [0.15, 0.2) is 24.4 Å². The number of carbonyl (C=O) groups is 1. The van der Waals surface area contributed by atoms with Gasteiger partial charge in [0.25, 0.3) is 5.91 Å². The molecule has 7 nitrogen and oxygen atoms in total. The topological polar surface area (TPSA) is 110 Å². The number of anilines is 2. The third-order valence-corrected chi connectivity index (χ3v) is 5.23. The normalized spacial score (nSPS) is 10.8. The summed E-state index contributed by atoms with van der Waals surface area (Å²) >= 11 is 1.88. The summed E-state index contributed by atoms with van der Waals surface area (Å²) in [5, 5.41) is 11.8. The van der Waals surface area contributed by atoms with Crippen molar-refractivity contribution in [2.45, 2.75) is 12.8 Å². The van der Waals surface area contributed by atoms with Crippen molar-refractivity contribution in [3.63, 3.8) is 0 Å². The van der Waals surface area contributed by atoms with E-state index in [2.05, 4.69) is 14.7 Å². The molecule has 0 aliphatic carbocycles. The predicted molar refractivity (Wildman–Crippen MR) is 104 cm³/mol. The average molecular weight is 426 g/mol. The number of halogens is 2. The molecular formula is C17H16F2N4O3S2. The van der Waals surface area contributed by atoms with E-state index in [0.717, 1.165) is 35.0 Å². The molecule has 0 unspecified atom stereocenters. The Morgan fingerprint density at radius 2 is 2.04 bits per heavy atom. The number of nitrogen functional groups attached to an aromatic ring is 1. The minimum absolute atomic E-state index is 0.0258. The molecular weight excluding hydrogens is 410 g/mol. The summed E-state index contributed by atoms with van der Waals surface area (Å²) in [6.45, 7) is 0.435. The van der Waals surface area contributed by atoms with Gasteiger partial charge in [-0.05, 0) is 25.0 Å². The van der Waals surface area contributed by atoms with Crippen molar-refractivity contribution in [1.29, 1.82) is 0 Å². The molecule has 0 radical (unpaired) electrons. The summed E-state index contributed by atoms with van der Waals surface area (Å²) in [6, 6.07) is 3.45. The highest BCUT2D eigenvalue weighted by Gasteiger charge is 2.22. The number of nitrogens with one attached hydrogen (secondary N) is 1. The van der Waals surface area contributed by atoms with Gasteiger partial charge in [0, 0.05) is 18.1 Å². The lowest BCUT2D eigenvalue weighted by Gasteiger charge is -2.06. The number of hydrogen-bond donors (Lipinski definition) is 3. The number of amides is 1. The maximum Gasteiger partial charge on any atom is 0.277 e. The van der Waals surface area contributed by atoms with Crippen LogP contribution in [0.5, 0.6) is 5.06 Å². The van der Waals surface area contributed by atoms with Crippen LogP contribution < -0.4 is 15.8 Å². The fraction of sp³-hybridized carbons (Fsp3) is 0.235. The number of aromatic nitrogens is 2. The van der Waals surface area contributed by atoms with Gasteiger partial charge < -0.3 is 20.9 Å². The lowest BCUT2D eigenvalue weighted by Crippen LogP contribution is -2.14. The third-order valence-electron chi connectivity index (χ3n) is 3.62. The molecule has 28 heavy (non-hydrogen) atoms. The number of ether oxygens (including phenoxy) is 1. The van der Waals surface area contributed by atoms with Gasteiger partial charge in [-0.2, -0.15) is 4.37 Å². The number of hydrogen-bond acceptors (Lipinski definition) is 8. The molecule has 148 valence electrons. The van der Waals surface area contributed by atoms with E-state index in [1.807, 2.05) is 0 Å².